The number of rotatable bonds is 15. The number of aromatic nitrogens is 1. The third-order valence-corrected chi connectivity index (χ3v) is 5.61. The molecule has 5 amide bonds. The minimum Gasteiger partial charge on any atom is -0.480 e. The molecule has 12 N–H and O–H groups in total. The Balaban J connectivity index is 2.08. The number of aliphatic carboxylic acids is 1. The zero-order valence-electron chi connectivity index (χ0n) is 20.3. The summed E-state index contributed by atoms with van der Waals surface area (Å²) in [6, 6.07) is 1.34. The van der Waals surface area contributed by atoms with Gasteiger partial charge in [-0.2, -0.15) is 0 Å². The molecule has 1 heterocycles. The van der Waals surface area contributed by atoms with E-state index in [1.165, 1.54) is 0 Å². The molecule has 4 atom stereocenters. The number of para-hydroxylation sites is 1. The molecule has 0 aliphatic carbocycles. The average molecular weight is 534 g/mol. The highest BCUT2D eigenvalue weighted by Crippen LogP contribution is 2.19. The molecule has 0 aliphatic heterocycles. The molecule has 0 radical (unpaired) electrons. The van der Waals surface area contributed by atoms with Gasteiger partial charge in [-0.3, -0.25) is 24.0 Å². The van der Waals surface area contributed by atoms with Gasteiger partial charge in [0.1, 0.15) is 18.1 Å². The number of H-pyrrole nitrogens is 1. The predicted molar refractivity (Wildman–Crippen MR) is 133 cm³/mol. The van der Waals surface area contributed by atoms with Gasteiger partial charge < -0.3 is 48.3 Å². The third kappa shape index (κ3) is 8.56. The van der Waals surface area contributed by atoms with Gasteiger partial charge in [0.2, 0.25) is 29.5 Å². The molecule has 2 aromatic rings. The highest BCUT2D eigenvalue weighted by molar-refractivity contribution is 5.96. The molecular weight excluding hydrogens is 502 g/mol. The fourth-order valence-electron chi connectivity index (χ4n) is 3.58. The van der Waals surface area contributed by atoms with Crippen molar-refractivity contribution in [3.8, 4) is 0 Å². The van der Waals surface area contributed by atoms with Crippen LogP contribution in [0.15, 0.2) is 30.5 Å². The van der Waals surface area contributed by atoms with Gasteiger partial charge in [0.05, 0.1) is 19.1 Å². The van der Waals surface area contributed by atoms with E-state index in [9.17, 15) is 39.0 Å². The first-order valence-electron chi connectivity index (χ1n) is 11.5. The van der Waals surface area contributed by atoms with Crippen molar-refractivity contribution in [1.82, 2.24) is 20.9 Å². The number of nitrogens with two attached hydrogens (primary N) is 3. The minimum atomic E-state index is -1.62. The zero-order chi connectivity index (χ0) is 28.4. The quantitative estimate of drug-likeness (QED) is 0.111. The number of carboxylic acid groups (broad SMARTS) is 1. The summed E-state index contributed by atoms with van der Waals surface area (Å²) in [5, 5.41) is 26.7. The molecule has 0 aliphatic rings. The molecule has 15 nitrogen and oxygen atoms in total. The summed E-state index contributed by atoms with van der Waals surface area (Å²) in [4.78, 5) is 74.9. The van der Waals surface area contributed by atoms with Crippen molar-refractivity contribution in [2.24, 2.45) is 17.2 Å². The minimum absolute atomic E-state index is 0.0965. The number of aliphatic hydroxyl groups is 1. The standard InChI is InChI=1S/C23H31N7O8/c24-13(5-6-18(25)32)20(34)28-15(8-19(26)33)21(35)30-17(10-31)22(36)29-16(23(37)38)7-11-9-27-14-4-2-1-3-12(11)14/h1-4,9,13,15-17,27,31H,5-8,10,24H2,(H2,25,32)(H2,26,33)(H,28,34)(H,29,36)(H,30,35)(H,37,38). The van der Waals surface area contributed by atoms with Crippen LogP contribution < -0.4 is 33.2 Å². The smallest absolute Gasteiger partial charge is 0.326 e. The van der Waals surface area contributed by atoms with Gasteiger partial charge in [-0.25, -0.2) is 4.79 Å². The Kier molecular flexibility index (Phi) is 10.7. The van der Waals surface area contributed by atoms with E-state index in [-0.39, 0.29) is 19.3 Å². The van der Waals surface area contributed by atoms with Crippen LogP contribution in [0, 0.1) is 0 Å². The van der Waals surface area contributed by atoms with E-state index in [4.69, 9.17) is 17.2 Å². The van der Waals surface area contributed by atoms with Gasteiger partial charge in [0.15, 0.2) is 0 Å². The molecule has 1 aromatic carbocycles. The summed E-state index contributed by atoms with van der Waals surface area (Å²) >= 11 is 0. The van der Waals surface area contributed by atoms with Crippen LogP contribution in [0.25, 0.3) is 10.9 Å². The summed E-state index contributed by atoms with van der Waals surface area (Å²) in [6.45, 7) is -0.924. The van der Waals surface area contributed by atoms with Crippen molar-refractivity contribution in [2.75, 3.05) is 6.61 Å². The number of hydrogen-bond donors (Lipinski definition) is 9. The fraction of sp³-hybridized carbons (Fsp3) is 0.391. The molecule has 15 heteroatoms. The molecule has 2 rings (SSSR count). The molecule has 0 saturated heterocycles. The Morgan fingerprint density at radius 3 is 2.08 bits per heavy atom. The van der Waals surface area contributed by atoms with Gasteiger partial charge in [-0.1, -0.05) is 18.2 Å². The lowest BCUT2D eigenvalue weighted by Crippen LogP contribution is -2.58. The van der Waals surface area contributed by atoms with E-state index >= 15 is 0 Å². The molecule has 38 heavy (non-hydrogen) atoms. The predicted octanol–water partition coefficient (Wildman–Crippen LogP) is -3.29. The van der Waals surface area contributed by atoms with Gasteiger partial charge >= 0.3 is 5.97 Å². The molecule has 0 bridgehead atoms. The van der Waals surface area contributed by atoms with E-state index in [1.54, 1.807) is 30.5 Å². The van der Waals surface area contributed by atoms with E-state index in [0.29, 0.717) is 5.56 Å². The van der Waals surface area contributed by atoms with Gasteiger partial charge in [-0.05, 0) is 18.1 Å². The fourth-order valence-corrected chi connectivity index (χ4v) is 3.58. The Labute approximate surface area is 216 Å². The van der Waals surface area contributed by atoms with Crippen molar-refractivity contribution >= 4 is 46.4 Å². The molecule has 206 valence electrons. The Hall–Kier alpha value is -4.50. The van der Waals surface area contributed by atoms with Crippen molar-refractivity contribution in [2.45, 2.75) is 49.9 Å². The number of aromatic amines is 1. The molecular formula is C23H31N7O8. The van der Waals surface area contributed by atoms with Crippen molar-refractivity contribution in [1.29, 1.82) is 0 Å². The third-order valence-electron chi connectivity index (χ3n) is 5.61. The lowest BCUT2D eigenvalue weighted by atomic mass is 10.0. The van der Waals surface area contributed by atoms with Crippen LogP contribution in [-0.2, 0) is 35.2 Å². The summed E-state index contributed by atoms with van der Waals surface area (Å²) in [6.07, 6.45) is 0.528. The van der Waals surface area contributed by atoms with Gasteiger partial charge in [0, 0.05) is 29.9 Å². The van der Waals surface area contributed by atoms with E-state index in [1.807, 2.05) is 0 Å². The van der Waals surface area contributed by atoms with Crippen LogP contribution in [0.1, 0.15) is 24.8 Å². The van der Waals surface area contributed by atoms with Crippen LogP contribution in [0.4, 0.5) is 0 Å². The van der Waals surface area contributed by atoms with Crippen molar-refractivity contribution in [3.05, 3.63) is 36.0 Å². The maximum Gasteiger partial charge on any atom is 0.326 e. The van der Waals surface area contributed by atoms with Crippen LogP contribution in [0.2, 0.25) is 0 Å². The zero-order valence-corrected chi connectivity index (χ0v) is 20.3. The number of fused-ring (bicyclic) bond motifs is 1. The number of carboxylic acids is 1. The number of amides is 5. The number of hydrogen-bond acceptors (Lipinski definition) is 8. The number of benzene rings is 1. The van der Waals surface area contributed by atoms with Crippen LogP contribution in [0.5, 0.6) is 0 Å². The first-order chi connectivity index (χ1) is 17.9. The normalized spacial score (nSPS) is 14.1. The number of nitrogens with one attached hydrogen (secondary N) is 4. The summed E-state index contributed by atoms with van der Waals surface area (Å²) in [5.41, 5.74) is 17.2. The largest absolute Gasteiger partial charge is 0.480 e. The highest BCUT2D eigenvalue weighted by Gasteiger charge is 2.31. The lowest BCUT2D eigenvalue weighted by Gasteiger charge is -2.23. The maximum atomic E-state index is 12.7. The van der Waals surface area contributed by atoms with Gasteiger partial charge in [-0.15, -0.1) is 0 Å². The topological polar surface area (TPSA) is 273 Å². The summed E-state index contributed by atoms with van der Waals surface area (Å²) in [7, 11) is 0. The van der Waals surface area contributed by atoms with Gasteiger partial charge in [0.25, 0.3) is 0 Å². The molecule has 4 unspecified atom stereocenters. The van der Waals surface area contributed by atoms with Crippen LogP contribution in [-0.4, -0.2) is 81.5 Å². The van der Waals surface area contributed by atoms with E-state index in [2.05, 4.69) is 20.9 Å². The average Bonchev–Trinajstić information content (AvgIpc) is 3.27. The Bertz CT molecular complexity index is 1200. The number of carbonyl (C=O) groups excluding carboxylic acids is 5. The van der Waals surface area contributed by atoms with E-state index in [0.717, 1.165) is 10.9 Å². The molecule has 0 saturated carbocycles. The summed E-state index contributed by atoms with van der Waals surface area (Å²) in [5.74, 6) is -5.98. The SMILES string of the molecule is NC(=O)CCC(N)C(=O)NC(CC(N)=O)C(=O)NC(CO)C(=O)NC(Cc1c[nH]c2ccccc12)C(=O)O. The first kappa shape index (κ1) is 29.7. The van der Waals surface area contributed by atoms with Crippen molar-refractivity contribution < 1.29 is 39.0 Å². The summed E-state index contributed by atoms with van der Waals surface area (Å²) < 4.78 is 0. The first-order valence-corrected chi connectivity index (χ1v) is 11.5. The van der Waals surface area contributed by atoms with Crippen molar-refractivity contribution in [3.63, 3.8) is 0 Å². The molecule has 0 fully saturated rings. The monoisotopic (exact) mass is 533 g/mol. The second-order valence-corrected chi connectivity index (χ2v) is 8.55. The van der Waals surface area contributed by atoms with Crippen LogP contribution >= 0.6 is 0 Å². The number of aliphatic hydroxyl groups excluding tert-OH is 1. The second kappa shape index (κ2) is 13.7. The Morgan fingerprint density at radius 2 is 1.47 bits per heavy atom. The highest BCUT2D eigenvalue weighted by atomic mass is 16.4. The molecule has 1 aromatic heterocycles. The number of primary amides is 2. The lowest BCUT2D eigenvalue weighted by molar-refractivity contribution is -0.142. The van der Waals surface area contributed by atoms with E-state index < -0.39 is 72.7 Å². The second-order valence-electron chi connectivity index (χ2n) is 8.55. The maximum absolute atomic E-state index is 12.7. The van der Waals surface area contributed by atoms with Crippen LogP contribution in [0.3, 0.4) is 0 Å². The number of carbonyl (C=O) groups is 6. The molecule has 0 spiro atoms. The Morgan fingerprint density at radius 1 is 0.868 bits per heavy atom.